The summed E-state index contributed by atoms with van der Waals surface area (Å²) in [5, 5.41) is 0. The van der Waals surface area contributed by atoms with Crippen LogP contribution in [0.4, 0.5) is 0 Å². The first-order chi connectivity index (χ1) is 8.21. The molecule has 2 fully saturated rings. The van der Waals surface area contributed by atoms with Crippen LogP contribution in [0.1, 0.15) is 75.7 Å². The summed E-state index contributed by atoms with van der Waals surface area (Å²) in [5.41, 5.74) is 0.813. The van der Waals surface area contributed by atoms with Gasteiger partial charge in [0.2, 0.25) is 0 Å². The molecule has 2 heteroatoms. The largest absolute Gasteiger partial charge is 0.381 e. The maximum absolute atomic E-state index is 5.52. The van der Waals surface area contributed by atoms with Crippen molar-refractivity contribution in [2.24, 2.45) is 16.7 Å². The smallest absolute Gasteiger partial charge is 0.0624 e. The number of hydrogen-bond acceptors (Lipinski definition) is 2. The summed E-state index contributed by atoms with van der Waals surface area (Å²) in [6, 6.07) is 0. The van der Waals surface area contributed by atoms with Gasteiger partial charge in [0, 0.05) is 19.8 Å². The van der Waals surface area contributed by atoms with Crippen molar-refractivity contribution in [2.75, 3.05) is 19.8 Å². The highest BCUT2D eigenvalue weighted by Crippen LogP contribution is 2.32. The molecule has 0 saturated carbocycles. The van der Waals surface area contributed by atoms with E-state index in [0.717, 1.165) is 25.7 Å². The van der Waals surface area contributed by atoms with Crippen LogP contribution in [0.5, 0.6) is 0 Å². The van der Waals surface area contributed by atoms with Gasteiger partial charge >= 0.3 is 0 Å². The average molecular weight is 289 g/mol. The molecule has 0 N–H and O–H groups in total. The molecular formula is C18H40O2. The van der Waals surface area contributed by atoms with Crippen LogP contribution in [-0.2, 0) is 9.47 Å². The van der Waals surface area contributed by atoms with Crippen LogP contribution in [0, 0.1) is 16.7 Å². The Morgan fingerprint density at radius 3 is 1.60 bits per heavy atom. The molecule has 0 bridgehead atoms. The average Bonchev–Trinajstić information content (AvgIpc) is 2.91. The first kappa shape index (κ1) is 22.2. The van der Waals surface area contributed by atoms with Gasteiger partial charge in [0.1, 0.15) is 0 Å². The van der Waals surface area contributed by atoms with Crippen molar-refractivity contribution in [1.82, 2.24) is 0 Å². The standard InChI is InChI=1S/2C8H16O.2CH4/c1-8(2,3)7-4-5-9-6-7;1-8(2,3)7-5-4-6-9-7;;/h2*7H,4-6H2,1-3H3;2*1H4. The fourth-order valence-electron chi connectivity index (χ4n) is 2.48. The summed E-state index contributed by atoms with van der Waals surface area (Å²) in [7, 11) is 0. The van der Waals surface area contributed by atoms with Gasteiger partial charge in [-0.3, -0.25) is 0 Å². The minimum atomic E-state index is 0. The Hall–Kier alpha value is -0.0800. The van der Waals surface area contributed by atoms with Crippen LogP contribution in [-0.4, -0.2) is 25.9 Å². The molecule has 2 heterocycles. The molecule has 0 aromatic rings. The maximum Gasteiger partial charge on any atom is 0.0624 e. The van der Waals surface area contributed by atoms with Crippen molar-refractivity contribution in [3.05, 3.63) is 0 Å². The van der Waals surface area contributed by atoms with Crippen LogP contribution in [0.2, 0.25) is 0 Å². The van der Waals surface area contributed by atoms with Crippen LogP contribution < -0.4 is 0 Å². The molecule has 0 amide bonds. The van der Waals surface area contributed by atoms with Crippen molar-refractivity contribution < 1.29 is 9.47 Å². The molecule has 0 spiro atoms. The van der Waals surface area contributed by atoms with Gasteiger partial charge < -0.3 is 9.47 Å². The zero-order chi connectivity index (χ0) is 13.8. The Labute approximate surface area is 128 Å². The molecule has 124 valence electrons. The third-order valence-electron chi connectivity index (χ3n) is 4.05. The van der Waals surface area contributed by atoms with Crippen molar-refractivity contribution in [3.63, 3.8) is 0 Å². The quantitative estimate of drug-likeness (QED) is 0.581. The van der Waals surface area contributed by atoms with Crippen LogP contribution >= 0.6 is 0 Å². The van der Waals surface area contributed by atoms with E-state index in [1.807, 2.05) is 0 Å². The lowest BCUT2D eigenvalue weighted by Gasteiger charge is -2.25. The lowest BCUT2D eigenvalue weighted by atomic mass is 9.80. The second-order valence-electron chi connectivity index (χ2n) is 7.79. The summed E-state index contributed by atoms with van der Waals surface area (Å²) in [4.78, 5) is 0. The lowest BCUT2D eigenvalue weighted by Crippen LogP contribution is -2.24. The number of ether oxygens (including phenoxy) is 2. The van der Waals surface area contributed by atoms with Crippen molar-refractivity contribution in [1.29, 1.82) is 0 Å². The van der Waals surface area contributed by atoms with Crippen LogP contribution in [0.3, 0.4) is 0 Å². The Kier molecular flexibility index (Phi) is 10.0. The monoisotopic (exact) mass is 288 g/mol. The van der Waals surface area contributed by atoms with Gasteiger partial charge in [0.15, 0.2) is 0 Å². The molecule has 2 nitrogen and oxygen atoms in total. The highest BCUT2D eigenvalue weighted by atomic mass is 16.5. The topological polar surface area (TPSA) is 18.5 Å². The van der Waals surface area contributed by atoms with E-state index in [1.165, 1.54) is 19.3 Å². The van der Waals surface area contributed by atoms with Gasteiger partial charge in [-0.05, 0) is 36.0 Å². The highest BCUT2D eigenvalue weighted by Gasteiger charge is 2.28. The predicted molar refractivity (Wildman–Crippen MR) is 90.3 cm³/mol. The summed E-state index contributed by atoms with van der Waals surface area (Å²) in [5.74, 6) is 0.789. The molecule has 2 atom stereocenters. The third-order valence-corrected chi connectivity index (χ3v) is 4.05. The number of hydrogen-bond donors (Lipinski definition) is 0. The molecule has 0 aromatic heterocycles. The van der Waals surface area contributed by atoms with Crippen molar-refractivity contribution >= 4 is 0 Å². The summed E-state index contributed by atoms with van der Waals surface area (Å²) in [6.45, 7) is 16.5. The van der Waals surface area contributed by atoms with E-state index >= 15 is 0 Å². The molecule has 2 aliphatic rings. The molecule has 20 heavy (non-hydrogen) atoms. The Balaban J connectivity index is 0. The molecule has 0 radical (unpaired) electrons. The van der Waals surface area contributed by atoms with E-state index in [-0.39, 0.29) is 14.9 Å². The SMILES string of the molecule is C.C.CC(C)(C)C1CCCO1.CC(C)(C)C1CCOC1. The van der Waals surface area contributed by atoms with E-state index in [4.69, 9.17) is 9.47 Å². The van der Waals surface area contributed by atoms with Gasteiger partial charge in [-0.25, -0.2) is 0 Å². The van der Waals surface area contributed by atoms with E-state index in [9.17, 15) is 0 Å². The van der Waals surface area contributed by atoms with E-state index in [0.29, 0.717) is 16.9 Å². The molecule has 0 aliphatic carbocycles. The highest BCUT2D eigenvalue weighted by molar-refractivity contribution is 4.77. The molecule has 2 rings (SSSR count). The summed E-state index contributed by atoms with van der Waals surface area (Å²) < 4.78 is 10.8. The minimum absolute atomic E-state index is 0. The Morgan fingerprint density at radius 1 is 0.800 bits per heavy atom. The third kappa shape index (κ3) is 7.64. The Morgan fingerprint density at radius 2 is 1.40 bits per heavy atom. The zero-order valence-electron chi connectivity index (χ0n) is 13.2. The normalized spacial score (nSPS) is 26.1. The second-order valence-corrected chi connectivity index (χ2v) is 7.79. The zero-order valence-corrected chi connectivity index (χ0v) is 13.2. The van der Waals surface area contributed by atoms with Gasteiger partial charge in [0.25, 0.3) is 0 Å². The lowest BCUT2D eigenvalue weighted by molar-refractivity contribution is 0.0290. The van der Waals surface area contributed by atoms with Crippen molar-refractivity contribution in [3.8, 4) is 0 Å². The first-order valence-electron chi connectivity index (χ1n) is 7.40. The molecule has 2 saturated heterocycles. The summed E-state index contributed by atoms with van der Waals surface area (Å²) in [6.07, 6.45) is 4.27. The fourth-order valence-corrected chi connectivity index (χ4v) is 2.48. The molecule has 0 aromatic carbocycles. The summed E-state index contributed by atoms with van der Waals surface area (Å²) >= 11 is 0. The van der Waals surface area contributed by atoms with Gasteiger partial charge in [-0.15, -0.1) is 0 Å². The van der Waals surface area contributed by atoms with Gasteiger partial charge in [-0.1, -0.05) is 56.4 Å². The predicted octanol–water partition coefficient (Wildman–Crippen LogP) is 5.55. The minimum Gasteiger partial charge on any atom is -0.381 e. The van der Waals surface area contributed by atoms with E-state index in [1.54, 1.807) is 0 Å². The molecule has 2 unspecified atom stereocenters. The van der Waals surface area contributed by atoms with E-state index < -0.39 is 0 Å². The van der Waals surface area contributed by atoms with Gasteiger partial charge in [-0.2, -0.15) is 0 Å². The van der Waals surface area contributed by atoms with Crippen LogP contribution in [0.25, 0.3) is 0 Å². The fraction of sp³-hybridized carbons (Fsp3) is 1.00. The maximum atomic E-state index is 5.52. The number of rotatable bonds is 0. The Bertz CT molecular complexity index is 197. The van der Waals surface area contributed by atoms with E-state index in [2.05, 4.69) is 41.5 Å². The van der Waals surface area contributed by atoms with Crippen LogP contribution in [0.15, 0.2) is 0 Å². The van der Waals surface area contributed by atoms with Gasteiger partial charge in [0.05, 0.1) is 6.10 Å². The molecule has 2 aliphatic heterocycles. The van der Waals surface area contributed by atoms with Crippen molar-refractivity contribution in [2.45, 2.75) is 81.8 Å². The first-order valence-corrected chi connectivity index (χ1v) is 7.40. The molecular weight excluding hydrogens is 248 g/mol. The second kappa shape index (κ2) is 9.04.